The molecule has 13 heteroatoms. The van der Waals surface area contributed by atoms with Crippen molar-refractivity contribution in [2.45, 2.75) is 25.6 Å². The van der Waals surface area contributed by atoms with Crippen molar-refractivity contribution in [3.05, 3.63) is 92.7 Å². The monoisotopic (exact) mass is 624 g/mol. The van der Waals surface area contributed by atoms with E-state index >= 15 is 0 Å². The number of carbonyl (C=O) groups is 3. The van der Waals surface area contributed by atoms with Crippen LogP contribution in [0.1, 0.15) is 40.9 Å². The van der Waals surface area contributed by atoms with Gasteiger partial charge in [-0.3, -0.25) is 19.7 Å². The van der Waals surface area contributed by atoms with E-state index in [9.17, 15) is 31.9 Å². The van der Waals surface area contributed by atoms with E-state index in [1.54, 1.807) is 19.9 Å². The van der Waals surface area contributed by atoms with Crippen LogP contribution in [-0.2, 0) is 15.8 Å². The molecule has 3 rings (SSSR count). The first kappa shape index (κ1) is 32.4. The summed E-state index contributed by atoms with van der Waals surface area (Å²) in [5.74, 6) is 1.62. The molecule has 0 saturated heterocycles. The molecule has 1 amide bonds. The number of rotatable bonds is 9. The summed E-state index contributed by atoms with van der Waals surface area (Å²) in [4.78, 5) is 36.3. The predicted octanol–water partition coefficient (Wildman–Crippen LogP) is 6.20. The molecule has 0 aliphatic rings. The van der Waals surface area contributed by atoms with Crippen molar-refractivity contribution in [2.75, 3.05) is 18.5 Å². The van der Waals surface area contributed by atoms with Crippen LogP contribution < -0.4 is 15.4 Å². The van der Waals surface area contributed by atoms with Gasteiger partial charge in [0.2, 0.25) is 0 Å². The number of hydrogen-bond acceptors (Lipinski definition) is 5. The Balaban J connectivity index is 1.72. The molecule has 3 aromatic rings. The molecule has 7 nitrogen and oxygen atoms in total. The second-order valence-corrected chi connectivity index (χ2v) is 10.2. The number of halogens is 6. The number of hydrogen-bond donors (Lipinski definition) is 3. The van der Waals surface area contributed by atoms with Crippen LogP contribution in [0.4, 0.5) is 23.2 Å². The van der Waals surface area contributed by atoms with Crippen molar-refractivity contribution in [3.8, 4) is 17.6 Å². The van der Waals surface area contributed by atoms with Crippen molar-refractivity contribution < 1.29 is 41.8 Å². The predicted molar refractivity (Wildman–Crippen MR) is 148 cm³/mol. The molecule has 0 bridgehead atoms. The van der Waals surface area contributed by atoms with Gasteiger partial charge in [-0.1, -0.05) is 35.0 Å². The molecule has 0 aliphatic heterocycles. The van der Waals surface area contributed by atoms with E-state index in [1.165, 1.54) is 24.3 Å². The lowest BCUT2D eigenvalue weighted by Crippen LogP contribution is -2.40. The van der Waals surface area contributed by atoms with Crippen LogP contribution in [0.15, 0.2) is 54.6 Å². The summed E-state index contributed by atoms with van der Waals surface area (Å²) < 4.78 is 58.7. The third-order valence-corrected chi connectivity index (χ3v) is 6.02. The molecule has 3 N–H and O–H groups in total. The average molecular weight is 625 g/mol. The second kappa shape index (κ2) is 13.2. The van der Waals surface area contributed by atoms with Crippen molar-refractivity contribution >= 4 is 46.5 Å². The lowest BCUT2D eigenvalue weighted by molar-refractivity contribution is -0.138. The fourth-order valence-corrected chi connectivity index (χ4v) is 3.84. The summed E-state index contributed by atoms with van der Waals surface area (Å²) in [5, 5.41) is 14.3. The van der Waals surface area contributed by atoms with Gasteiger partial charge in [-0.2, -0.15) is 13.2 Å². The molecule has 0 heterocycles. The minimum absolute atomic E-state index is 0.0543. The minimum Gasteiger partial charge on any atom is -0.483 e. The quantitative estimate of drug-likeness (QED) is 0.149. The summed E-state index contributed by atoms with van der Waals surface area (Å²) >= 11 is 12.2. The minimum atomic E-state index is -4.88. The summed E-state index contributed by atoms with van der Waals surface area (Å²) in [5.41, 5.74) is -2.31. The van der Waals surface area contributed by atoms with E-state index in [0.717, 1.165) is 6.07 Å². The number of carboxylic acid groups (broad SMARTS) is 1. The molecule has 0 unspecified atom stereocenters. The Labute approximate surface area is 247 Å². The number of aliphatic carboxylic acids is 1. The van der Waals surface area contributed by atoms with Crippen molar-refractivity contribution in [3.63, 3.8) is 0 Å². The smallest absolute Gasteiger partial charge is 0.416 e. The lowest BCUT2D eigenvalue weighted by atomic mass is 10.00. The number of ether oxygens (including phenoxy) is 1. The molecule has 220 valence electrons. The molecule has 0 aromatic heterocycles. The normalized spacial score (nSPS) is 11.3. The van der Waals surface area contributed by atoms with Crippen LogP contribution in [-0.4, -0.2) is 41.5 Å². The van der Waals surface area contributed by atoms with Crippen molar-refractivity contribution in [2.24, 2.45) is 0 Å². The van der Waals surface area contributed by atoms with Gasteiger partial charge in [-0.15, -0.1) is 0 Å². The third kappa shape index (κ3) is 9.21. The zero-order valence-corrected chi connectivity index (χ0v) is 23.5. The van der Waals surface area contributed by atoms with E-state index in [1.807, 2.05) is 0 Å². The maximum absolute atomic E-state index is 13.9. The van der Waals surface area contributed by atoms with Crippen molar-refractivity contribution in [1.82, 2.24) is 5.32 Å². The van der Waals surface area contributed by atoms with Crippen molar-refractivity contribution in [1.29, 1.82) is 0 Å². The molecular weight excluding hydrogens is 603 g/mol. The van der Waals surface area contributed by atoms with Gasteiger partial charge in [0.05, 0.1) is 33.9 Å². The molecular formula is C29H22Cl2F4N2O5. The van der Waals surface area contributed by atoms with Crippen LogP contribution in [0.25, 0.3) is 0 Å². The molecule has 0 aliphatic carbocycles. The molecule has 0 atom stereocenters. The fourth-order valence-electron chi connectivity index (χ4n) is 3.44. The van der Waals surface area contributed by atoms with Crippen LogP contribution in [0.5, 0.6) is 5.75 Å². The Morgan fingerprint density at radius 2 is 1.71 bits per heavy atom. The number of ketones is 1. The SMILES string of the molecule is CC(C)(C#Cc1ccc(NC(=O)COc2ccc(Cl)cc2C(=O)c2cc(F)cc(C(F)(F)F)c2)c(Cl)c1)NCC(=O)O. The van der Waals surface area contributed by atoms with Gasteiger partial charge < -0.3 is 15.2 Å². The number of amides is 1. The Morgan fingerprint density at radius 1 is 1.00 bits per heavy atom. The Morgan fingerprint density at radius 3 is 2.36 bits per heavy atom. The number of benzene rings is 3. The van der Waals surface area contributed by atoms with Crippen LogP contribution >= 0.6 is 23.2 Å². The van der Waals surface area contributed by atoms with Crippen LogP contribution in [0.2, 0.25) is 10.0 Å². The maximum Gasteiger partial charge on any atom is 0.416 e. The zero-order valence-electron chi connectivity index (χ0n) is 22.0. The van der Waals surface area contributed by atoms with E-state index in [2.05, 4.69) is 22.5 Å². The summed E-state index contributed by atoms with van der Waals surface area (Å²) in [7, 11) is 0. The van der Waals surface area contributed by atoms with Gasteiger partial charge >= 0.3 is 12.1 Å². The largest absolute Gasteiger partial charge is 0.483 e. The summed E-state index contributed by atoms with van der Waals surface area (Å²) in [6, 6.07) is 9.70. The van der Waals surface area contributed by atoms with E-state index in [4.69, 9.17) is 33.0 Å². The number of carbonyl (C=O) groups excluding carboxylic acids is 2. The average Bonchev–Trinajstić information content (AvgIpc) is 2.90. The Hall–Kier alpha value is -4.11. The standard InChI is InChI=1S/C29H22Cl2F4N2O5/c1-28(2,36-14-26(39)40)8-7-16-3-5-23(22(31)9-16)37-25(38)15-42-24-6-4-19(30)13-21(24)27(41)17-10-18(29(33,34)35)12-20(32)11-17/h3-6,9-13,36H,14-15H2,1-2H3,(H,37,38)(H,39,40). The van der Waals surface area contributed by atoms with Gasteiger partial charge in [-0.05, 0) is 68.4 Å². The Kier molecular flexibility index (Phi) is 10.2. The van der Waals surface area contributed by atoms with E-state index in [-0.39, 0.29) is 39.7 Å². The van der Waals surface area contributed by atoms with Gasteiger partial charge in [0.25, 0.3) is 5.91 Å². The first-order valence-corrected chi connectivity index (χ1v) is 12.7. The number of nitrogens with one attached hydrogen (secondary N) is 2. The van der Waals surface area contributed by atoms with Crippen LogP contribution in [0.3, 0.4) is 0 Å². The topological polar surface area (TPSA) is 105 Å². The summed E-state index contributed by atoms with van der Waals surface area (Å²) in [6.07, 6.45) is -4.88. The number of carboxylic acids is 1. The fraction of sp³-hybridized carbons (Fsp3) is 0.207. The first-order valence-electron chi connectivity index (χ1n) is 12.0. The molecule has 3 aromatic carbocycles. The van der Waals surface area contributed by atoms with Gasteiger partial charge in [0, 0.05) is 16.1 Å². The molecule has 0 saturated carbocycles. The highest BCUT2D eigenvalue weighted by Crippen LogP contribution is 2.32. The van der Waals surface area contributed by atoms with Gasteiger partial charge in [0.15, 0.2) is 12.4 Å². The highest BCUT2D eigenvalue weighted by Gasteiger charge is 2.32. The second-order valence-electron chi connectivity index (χ2n) is 9.35. The lowest BCUT2D eigenvalue weighted by Gasteiger charge is -2.18. The highest BCUT2D eigenvalue weighted by atomic mass is 35.5. The third-order valence-electron chi connectivity index (χ3n) is 5.48. The summed E-state index contributed by atoms with van der Waals surface area (Å²) in [6.45, 7) is 2.51. The Bertz CT molecular complexity index is 1600. The molecule has 0 spiro atoms. The van der Waals surface area contributed by atoms with Gasteiger partial charge in [0.1, 0.15) is 11.6 Å². The van der Waals surface area contributed by atoms with Gasteiger partial charge in [-0.25, -0.2) is 4.39 Å². The number of anilines is 1. The molecule has 42 heavy (non-hydrogen) atoms. The molecule has 0 fully saturated rings. The zero-order chi connectivity index (χ0) is 31.2. The highest BCUT2D eigenvalue weighted by molar-refractivity contribution is 6.33. The number of alkyl halides is 3. The maximum atomic E-state index is 13.9. The molecule has 0 radical (unpaired) electrons. The van der Waals surface area contributed by atoms with Crippen LogP contribution in [0, 0.1) is 17.7 Å². The van der Waals surface area contributed by atoms with E-state index in [0.29, 0.717) is 17.7 Å². The first-order chi connectivity index (χ1) is 19.5. The van der Waals surface area contributed by atoms with E-state index < -0.39 is 52.9 Å².